The number of carbonyl (C=O) groups excluding carboxylic acids is 1. The van der Waals surface area contributed by atoms with E-state index in [1.54, 1.807) is 73.7 Å². The third-order valence-corrected chi connectivity index (χ3v) is 10.8. The number of benzene rings is 5. The van der Waals surface area contributed by atoms with Gasteiger partial charge in [0.25, 0.3) is 0 Å². The highest BCUT2D eigenvalue weighted by Crippen LogP contribution is 2.43. The van der Waals surface area contributed by atoms with E-state index in [-0.39, 0.29) is 28.0 Å². The van der Waals surface area contributed by atoms with Gasteiger partial charge in [-0.1, -0.05) is 61.5 Å². The average Bonchev–Trinajstić information content (AvgIpc) is 3.48. The molecule has 1 unspecified atom stereocenters. The lowest BCUT2D eigenvalue weighted by atomic mass is 9.97. The van der Waals surface area contributed by atoms with Crippen molar-refractivity contribution in [1.82, 2.24) is 0 Å². The number of ether oxygens (including phenoxy) is 2. The topological polar surface area (TPSA) is 81.7 Å². The van der Waals surface area contributed by atoms with Crippen LogP contribution in [0.1, 0.15) is 58.9 Å². The van der Waals surface area contributed by atoms with Gasteiger partial charge in [0.05, 0.1) is 28.4 Å². The molecule has 0 amide bonds. The number of alkyl halides is 3. The minimum atomic E-state index is -4.36. The number of halogens is 3. The summed E-state index contributed by atoms with van der Waals surface area (Å²) < 4.78 is 79.0. The van der Waals surface area contributed by atoms with Crippen LogP contribution in [-0.2, 0) is 40.3 Å². The summed E-state index contributed by atoms with van der Waals surface area (Å²) >= 11 is 0. The minimum absolute atomic E-state index is 0.0877. The van der Waals surface area contributed by atoms with Crippen LogP contribution in [-0.4, -0.2) is 33.2 Å². The molecule has 0 aromatic heterocycles. The van der Waals surface area contributed by atoms with Crippen LogP contribution in [0.2, 0.25) is 0 Å². The Morgan fingerprint density at radius 2 is 1.53 bits per heavy atom. The van der Waals surface area contributed by atoms with Crippen molar-refractivity contribution in [3.05, 3.63) is 137 Å². The van der Waals surface area contributed by atoms with Crippen LogP contribution in [0.5, 0.6) is 11.5 Å². The quantitative estimate of drug-likeness (QED) is 0.127. The third kappa shape index (κ3) is 7.81. The Bertz CT molecular complexity index is 2160. The number of nitrogens with one attached hydrogen (secondary N) is 1. The molecule has 1 N–H and O–H groups in total. The second kappa shape index (κ2) is 14.6. The Morgan fingerprint density at radius 1 is 0.843 bits per heavy atom. The molecule has 264 valence electrons. The van der Waals surface area contributed by atoms with Gasteiger partial charge < -0.3 is 14.8 Å². The summed E-state index contributed by atoms with van der Waals surface area (Å²) in [5, 5.41) is 3.38. The van der Waals surface area contributed by atoms with E-state index in [1.165, 1.54) is 12.1 Å². The zero-order valence-corrected chi connectivity index (χ0v) is 29.3. The fourth-order valence-corrected chi connectivity index (χ4v) is 7.90. The van der Waals surface area contributed by atoms with Gasteiger partial charge in [-0.25, -0.2) is 13.2 Å². The number of esters is 1. The molecule has 0 saturated heterocycles. The van der Waals surface area contributed by atoms with E-state index in [0.717, 1.165) is 27.8 Å². The second-order valence-electron chi connectivity index (χ2n) is 12.6. The van der Waals surface area contributed by atoms with Crippen molar-refractivity contribution in [1.29, 1.82) is 0 Å². The Kier molecular flexibility index (Phi) is 10.3. The maximum Gasteiger partial charge on any atom is 0.393 e. The van der Waals surface area contributed by atoms with Gasteiger partial charge in [0.1, 0.15) is 11.5 Å². The summed E-state index contributed by atoms with van der Waals surface area (Å²) in [7, 11) is -3.85. The fraction of sp³-hybridized carbons (Fsp3) is 0.244. The predicted molar refractivity (Wildman–Crippen MR) is 191 cm³/mol. The Labute approximate surface area is 296 Å². The van der Waals surface area contributed by atoms with E-state index >= 15 is 0 Å². The molecule has 1 atom stereocenters. The van der Waals surface area contributed by atoms with Crippen molar-refractivity contribution in [3.63, 3.8) is 0 Å². The van der Waals surface area contributed by atoms with E-state index in [1.807, 2.05) is 38.1 Å². The molecule has 5 aromatic carbocycles. The molecule has 0 radical (unpaired) electrons. The molecule has 6 rings (SSSR count). The molecule has 0 saturated carbocycles. The van der Waals surface area contributed by atoms with Crippen molar-refractivity contribution in [2.24, 2.45) is 0 Å². The van der Waals surface area contributed by atoms with E-state index in [9.17, 15) is 26.4 Å². The van der Waals surface area contributed by atoms with Crippen LogP contribution in [0, 0.1) is 0 Å². The molecule has 0 fully saturated rings. The normalized spacial score (nSPS) is 12.9. The monoisotopic (exact) mass is 713 g/mol. The fourth-order valence-electron chi connectivity index (χ4n) is 6.63. The SMILES string of the molecule is CCOC(=O)c1cccc(Oc2ccc(S(=O)(=O)c3ccc(CC(C)Nc4c(CC(F)(F)F)ccc5c4Cc4ccccc4-5)cc3)cc2)c1CC. The zero-order chi connectivity index (χ0) is 36.3. The Hall–Kier alpha value is -5.09. The van der Waals surface area contributed by atoms with Gasteiger partial charge in [-0.05, 0) is 109 Å². The highest BCUT2D eigenvalue weighted by molar-refractivity contribution is 7.91. The van der Waals surface area contributed by atoms with Crippen molar-refractivity contribution in [3.8, 4) is 22.6 Å². The molecule has 6 nitrogen and oxygen atoms in total. The molecule has 0 aliphatic heterocycles. The number of rotatable bonds is 12. The molecule has 0 heterocycles. The minimum Gasteiger partial charge on any atom is -0.462 e. The molecule has 1 aliphatic rings. The predicted octanol–water partition coefficient (Wildman–Crippen LogP) is 9.77. The van der Waals surface area contributed by atoms with Gasteiger partial charge in [-0.3, -0.25) is 0 Å². The van der Waals surface area contributed by atoms with Crippen molar-refractivity contribution in [2.75, 3.05) is 11.9 Å². The summed E-state index contributed by atoms with van der Waals surface area (Å²) in [5.41, 5.74) is 6.58. The molecule has 0 spiro atoms. The number of fused-ring (bicyclic) bond motifs is 3. The van der Waals surface area contributed by atoms with Crippen LogP contribution < -0.4 is 10.1 Å². The number of carbonyl (C=O) groups is 1. The smallest absolute Gasteiger partial charge is 0.393 e. The van der Waals surface area contributed by atoms with Gasteiger partial charge in [0.15, 0.2) is 0 Å². The van der Waals surface area contributed by atoms with E-state index in [2.05, 4.69) is 5.32 Å². The largest absolute Gasteiger partial charge is 0.462 e. The number of hydrogen-bond acceptors (Lipinski definition) is 6. The van der Waals surface area contributed by atoms with E-state index < -0.39 is 28.4 Å². The second-order valence-corrected chi connectivity index (χ2v) is 14.5. The first-order valence-corrected chi connectivity index (χ1v) is 18.3. The number of anilines is 1. The molecule has 1 aliphatic carbocycles. The van der Waals surface area contributed by atoms with Crippen molar-refractivity contribution < 1.29 is 35.9 Å². The summed E-state index contributed by atoms with van der Waals surface area (Å²) in [5.74, 6) is 0.461. The third-order valence-electron chi connectivity index (χ3n) is 8.97. The van der Waals surface area contributed by atoms with Crippen LogP contribution in [0.15, 0.2) is 113 Å². The lowest BCUT2D eigenvalue weighted by molar-refractivity contribution is -0.127. The molecule has 51 heavy (non-hydrogen) atoms. The molecule has 10 heteroatoms. The first kappa shape index (κ1) is 35.7. The maximum absolute atomic E-state index is 13.6. The van der Waals surface area contributed by atoms with Gasteiger partial charge in [0.2, 0.25) is 9.84 Å². The van der Waals surface area contributed by atoms with Crippen LogP contribution in [0.25, 0.3) is 11.1 Å². The average molecular weight is 714 g/mol. The number of sulfone groups is 1. The summed E-state index contributed by atoms with van der Waals surface area (Å²) in [4.78, 5) is 12.6. The Balaban J connectivity index is 1.15. The lowest BCUT2D eigenvalue weighted by Gasteiger charge is -2.22. The molecule has 5 aromatic rings. The van der Waals surface area contributed by atoms with E-state index in [0.29, 0.717) is 47.6 Å². The van der Waals surface area contributed by atoms with Crippen LogP contribution >= 0.6 is 0 Å². The number of hydrogen-bond donors (Lipinski definition) is 1. The van der Waals surface area contributed by atoms with Crippen LogP contribution in [0.4, 0.5) is 18.9 Å². The first-order chi connectivity index (χ1) is 24.4. The summed E-state index contributed by atoms with van der Waals surface area (Å²) in [6, 6.07) is 28.7. The molecule has 0 bridgehead atoms. The van der Waals surface area contributed by atoms with Gasteiger partial charge in [-0.15, -0.1) is 0 Å². The van der Waals surface area contributed by atoms with Crippen molar-refractivity contribution in [2.45, 2.75) is 68.5 Å². The highest BCUT2D eigenvalue weighted by atomic mass is 32.2. The standard InChI is InChI=1S/C41H38F3NO5S/c1-4-33-36(40(46)49-5-2)11-8-12-38(33)50-30-16-20-32(21-17-30)51(47,48)31-18-13-27(14-19-31)23-26(3)45-39-29(25-41(42,43)44)15-22-35-34-10-7-6-9-28(34)24-37(35)39/h6-22,26,45H,4-5,23-25H2,1-3H3. The summed E-state index contributed by atoms with van der Waals surface area (Å²) in [6.45, 7) is 5.81. The first-order valence-electron chi connectivity index (χ1n) is 16.8. The maximum atomic E-state index is 13.6. The van der Waals surface area contributed by atoms with E-state index in [4.69, 9.17) is 9.47 Å². The zero-order valence-electron chi connectivity index (χ0n) is 28.5. The summed E-state index contributed by atoms with van der Waals surface area (Å²) in [6.07, 6.45) is -3.85. The van der Waals surface area contributed by atoms with Gasteiger partial charge in [-0.2, -0.15) is 13.2 Å². The Morgan fingerprint density at radius 3 is 2.20 bits per heavy atom. The van der Waals surface area contributed by atoms with Crippen LogP contribution in [0.3, 0.4) is 0 Å². The van der Waals surface area contributed by atoms with Crippen molar-refractivity contribution >= 4 is 21.5 Å². The van der Waals surface area contributed by atoms with Gasteiger partial charge in [0, 0.05) is 23.7 Å². The molecular formula is C41H38F3NO5S. The highest BCUT2D eigenvalue weighted by Gasteiger charge is 2.32. The van der Waals surface area contributed by atoms with Gasteiger partial charge >= 0.3 is 12.1 Å². The molecular weight excluding hydrogens is 676 g/mol. The lowest BCUT2D eigenvalue weighted by Crippen LogP contribution is -2.22.